The first-order chi connectivity index (χ1) is 13.3. The van der Waals surface area contributed by atoms with Gasteiger partial charge in [-0.25, -0.2) is 9.79 Å². The lowest BCUT2D eigenvalue weighted by Gasteiger charge is -2.44. The Hall–Kier alpha value is -2.17. The van der Waals surface area contributed by atoms with Gasteiger partial charge in [-0.2, -0.15) is 0 Å². The number of hydrogen-bond donors (Lipinski definition) is 4. The highest BCUT2D eigenvalue weighted by molar-refractivity contribution is 5.87. The third-order valence-corrected chi connectivity index (χ3v) is 5.02. The number of rotatable bonds is 8. The first-order valence-corrected chi connectivity index (χ1v) is 9.46. The van der Waals surface area contributed by atoms with Crippen LogP contribution >= 0.6 is 0 Å². The molecule has 10 nitrogen and oxygen atoms in total. The van der Waals surface area contributed by atoms with Crippen LogP contribution in [0.3, 0.4) is 0 Å². The molecule has 1 aliphatic carbocycles. The molecule has 0 aromatic rings. The van der Waals surface area contributed by atoms with Gasteiger partial charge in [0.1, 0.15) is 0 Å². The van der Waals surface area contributed by atoms with Gasteiger partial charge in [0.15, 0.2) is 5.96 Å². The maximum absolute atomic E-state index is 11.8. The van der Waals surface area contributed by atoms with Crippen molar-refractivity contribution >= 4 is 17.8 Å². The van der Waals surface area contributed by atoms with Crippen molar-refractivity contribution < 1.29 is 24.2 Å². The van der Waals surface area contributed by atoms with Crippen LogP contribution in [0.25, 0.3) is 0 Å². The zero-order valence-corrected chi connectivity index (χ0v) is 16.5. The van der Waals surface area contributed by atoms with Crippen LogP contribution < -0.4 is 16.8 Å². The summed E-state index contributed by atoms with van der Waals surface area (Å²) < 4.78 is 10.9. The number of amides is 1. The fourth-order valence-corrected chi connectivity index (χ4v) is 3.85. The smallest absolute Gasteiger partial charge is 0.331 e. The number of nitrogens with one attached hydrogen (secondary N) is 1. The number of hydrogen-bond acceptors (Lipinski definition) is 6. The molecule has 0 saturated carbocycles. The Kier molecular flexibility index (Phi) is 8.21. The summed E-state index contributed by atoms with van der Waals surface area (Å²) in [4.78, 5) is 29.8. The van der Waals surface area contributed by atoms with E-state index >= 15 is 0 Å². The van der Waals surface area contributed by atoms with E-state index in [1.807, 2.05) is 0 Å². The number of aliphatic carboxylic acids is 1. The van der Waals surface area contributed by atoms with Crippen LogP contribution in [0.15, 0.2) is 16.6 Å². The molecule has 4 atom stereocenters. The Balaban J connectivity index is 2.26. The Morgan fingerprint density at radius 2 is 2.14 bits per heavy atom. The van der Waals surface area contributed by atoms with Gasteiger partial charge in [-0.05, 0) is 19.4 Å². The van der Waals surface area contributed by atoms with Crippen molar-refractivity contribution in [3.05, 3.63) is 11.6 Å². The number of nitrogens with two attached hydrogens (primary N) is 2. The zero-order valence-electron chi connectivity index (χ0n) is 16.5. The first kappa shape index (κ1) is 22.1. The summed E-state index contributed by atoms with van der Waals surface area (Å²) in [5.41, 5.74) is 11.3. The standard InChI is InChI=1S/C18H31N5O5/c1-11(24)21-16-14(22-18(19)20)8-12(17(25)26)9-15(16)23-5-3-4-13(10-23)28-7-6-27-2/h9,13-16H,3-8,10H2,1-2H3,(H,21,24)(H,25,26)(H4,19,20,22)/t13-,14+,15?,16-/m1/s1. The van der Waals surface area contributed by atoms with Gasteiger partial charge in [0.25, 0.3) is 0 Å². The van der Waals surface area contributed by atoms with Crippen LogP contribution in [0, 0.1) is 0 Å². The molecule has 10 heteroatoms. The fraction of sp³-hybridized carbons (Fsp3) is 0.722. The third-order valence-electron chi connectivity index (χ3n) is 5.02. The number of carboxylic acid groups (broad SMARTS) is 1. The van der Waals surface area contributed by atoms with Crippen LogP contribution in [0.1, 0.15) is 26.2 Å². The summed E-state index contributed by atoms with van der Waals surface area (Å²) in [5.74, 6) is -1.36. The van der Waals surface area contributed by atoms with Crippen molar-refractivity contribution in [1.82, 2.24) is 10.2 Å². The quantitative estimate of drug-likeness (QED) is 0.232. The fourth-order valence-electron chi connectivity index (χ4n) is 3.85. The van der Waals surface area contributed by atoms with Crippen LogP contribution in [-0.4, -0.2) is 85.5 Å². The van der Waals surface area contributed by atoms with Crippen molar-refractivity contribution in [1.29, 1.82) is 0 Å². The Morgan fingerprint density at radius 3 is 2.75 bits per heavy atom. The molecule has 0 bridgehead atoms. The largest absolute Gasteiger partial charge is 0.478 e. The van der Waals surface area contributed by atoms with Crippen molar-refractivity contribution in [2.24, 2.45) is 16.5 Å². The average Bonchev–Trinajstić information content (AvgIpc) is 2.62. The van der Waals surface area contributed by atoms with E-state index in [1.54, 1.807) is 13.2 Å². The monoisotopic (exact) mass is 397 g/mol. The molecular weight excluding hydrogens is 366 g/mol. The topological polar surface area (TPSA) is 152 Å². The van der Waals surface area contributed by atoms with E-state index in [9.17, 15) is 14.7 Å². The minimum atomic E-state index is -1.01. The van der Waals surface area contributed by atoms with E-state index in [0.717, 1.165) is 19.4 Å². The van der Waals surface area contributed by atoms with Crippen molar-refractivity contribution in [2.45, 2.75) is 50.4 Å². The third kappa shape index (κ3) is 6.18. The lowest BCUT2D eigenvalue weighted by atomic mass is 9.85. The normalized spacial score (nSPS) is 28.3. The summed E-state index contributed by atoms with van der Waals surface area (Å²) >= 11 is 0. The highest BCUT2D eigenvalue weighted by Gasteiger charge is 2.40. The maximum atomic E-state index is 11.8. The number of piperidine rings is 1. The number of carbonyl (C=O) groups is 2. The SMILES string of the molecule is COCCO[C@@H]1CCCN(C2C=C(C(=O)O)C[C@H](N=C(N)N)[C@H]2NC(C)=O)C1. The molecule has 1 amide bonds. The van der Waals surface area contributed by atoms with Gasteiger partial charge < -0.3 is 31.4 Å². The van der Waals surface area contributed by atoms with Gasteiger partial charge in [0.05, 0.1) is 37.4 Å². The first-order valence-electron chi connectivity index (χ1n) is 9.46. The molecule has 0 radical (unpaired) electrons. The summed E-state index contributed by atoms with van der Waals surface area (Å²) in [6.07, 6.45) is 3.71. The van der Waals surface area contributed by atoms with Crippen molar-refractivity contribution in [2.75, 3.05) is 33.4 Å². The average molecular weight is 397 g/mol. The van der Waals surface area contributed by atoms with Crippen molar-refractivity contribution in [3.63, 3.8) is 0 Å². The summed E-state index contributed by atoms with van der Waals surface area (Å²) in [6.45, 7) is 3.84. The second-order valence-electron chi connectivity index (χ2n) is 7.16. The molecule has 1 saturated heterocycles. The molecule has 28 heavy (non-hydrogen) atoms. The molecule has 2 aliphatic rings. The van der Waals surface area contributed by atoms with Gasteiger partial charge in [-0.1, -0.05) is 6.08 Å². The van der Waals surface area contributed by atoms with Crippen LogP contribution in [-0.2, 0) is 19.1 Å². The van der Waals surface area contributed by atoms with Gasteiger partial charge in [0.2, 0.25) is 5.91 Å². The molecule has 0 spiro atoms. The minimum Gasteiger partial charge on any atom is -0.478 e. The van der Waals surface area contributed by atoms with E-state index < -0.39 is 18.1 Å². The Morgan fingerprint density at radius 1 is 1.39 bits per heavy atom. The predicted molar refractivity (Wildman–Crippen MR) is 104 cm³/mol. The highest BCUT2D eigenvalue weighted by atomic mass is 16.5. The molecule has 2 rings (SSSR count). The number of methoxy groups -OCH3 is 1. The van der Waals surface area contributed by atoms with Gasteiger partial charge in [-0.3, -0.25) is 9.69 Å². The lowest BCUT2D eigenvalue weighted by Crippen LogP contribution is -2.60. The number of likely N-dealkylation sites (tertiary alicyclic amines) is 1. The Bertz CT molecular complexity index is 619. The second-order valence-corrected chi connectivity index (χ2v) is 7.16. The van der Waals surface area contributed by atoms with Gasteiger partial charge in [0, 0.05) is 32.6 Å². The molecule has 1 unspecified atom stereocenters. The molecule has 1 heterocycles. The molecule has 0 aromatic heterocycles. The maximum Gasteiger partial charge on any atom is 0.331 e. The van der Waals surface area contributed by atoms with Gasteiger partial charge >= 0.3 is 5.97 Å². The summed E-state index contributed by atoms with van der Waals surface area (Å²) in [7, 11) is 1.62. The predicted octanol–water partition coefficient (Wildman–Crippen LogP) is -0.956. The van der Waals surface area contributed by atoms with Crippen LogP contribution in [0.5, 0.6) is 0 Å². The molecule has 6 N–H and O–H groups in total. The molecule has 158 valence electrons. The molecule has 1 aliphatic heterocycles. The number of guanidine groups is 1. The summed E-state index contributed by atoms with van der Waals surface area (Å²) in [5, 5.41) is 12.5. The van der Waals surface area contributed by atoms with Crippen molar-refractivity contribution in [3.8, 4) is 0 Å². The number of aliphatic imine (C=N–C) groups is 1. The van der Waals surface area contributed by atoms with E-state index in [2.05, 4.69) is 15.2 Å². The van der Waals surface area contributed by atoms with Crippen LogP contribution in [0.4, 0.5) is 0 Å². The number of carboxylic acids is 1. The zero-order chi connectivity index (χ0) is 20.7. The summed E-state index contributed by atoms with van der Waals surface area (Å²) in [6, 6.07) is -1.32. The highest BCUT2D eigenvalue weighted by Crippen LogP contribution is 2.28. The molecule has 1 fully saturated rings. The number of ether oxygens (including phenoxy) is 2. The van der Waals surface area contributed by atoms with E-state index in [1.165, 1.54) is 6.92 Å². The second kappa shape index (κ2) is 10.4. The minimum absolute atomic E-state index is 0.0204. The number of carbonyl (C=O) groups excluding carboxylic acids is 1. The van der Waals surface area contributed by atoms with E-state index in [-0.39, 0.29) is 36.0 Å². The Labute approximate surface area is 164 Å². The number of nitrogens with zero attached hydrogens (tertiary/aromatic N) is 2. The van der Waals surface area contributed by atoms with Gasteiger partial charge in [-0.15, -0.1) is 0 Å². The molecular formula is C18H31N5O5. The van der Waals surface area contributed by atoms with Crippen LogP contribution in [0.2, 0.25) is 0 Å². The van der Waals surface area contributed by atoms with E-state index in [0.29, 0.717) is 19.8 Å². The van der Waals surface area contributed by atoms with E-state index in [4.69, 9.17) is 20.9 Å². The lowest BCUT2D eigenvalue weighted by molar-refractivity contribution is -0.133. The molecule has 0 aromatic carbocycles.